The predicted molar refractivity (Wildman–Crippen MR) is 64.5 cm³/mol. The number of carbonyl (C=O) groups is 1. The highest BCUT2D eigenvalue weighted by atomic mass is 16.5. The quantitative estimate of drug-likeness (QED) is 0.764. The molecule has 1 aliphatic heterocycles. The number of aliphatic hydroxyl groups excluding tert-OH is 1. The van der Waals surface area contributed by atoms with Crippen LogP contribution in [0.15, 0.2) is 0 Å². The Hall–Kier alpha value is -0.610. The van der Waals surface area contributed by atoms with Gasteiger partial charge in [0, 0.05) is 12.6 Å². The number of aliphatic hydroxyl groups is 1. The smallest absolute Gasteiger partial charge is 0.225 e. The molecule has 0 aromatic rings. The summed E-state index contributed by atoms with van der Waals surface area (Å²) < 4.78 is 5.52. The van der Waals surface area contributed by atoms with Crippen molar-refractivity contribution in [2.75, 3.05) is 6.61 Å². The van der Waals surface area contributed by atoms with E-state index in [0.29, 0.717) is 0 Å². The van der Waals surface area contributed by atoms with Crippen molar-refractivity contribution in [2.45, 2.75) is 63.7 Å². The fourth-order valence-corrected chi connectivity index (χ4v) is 2.80. The molecule has 1 heterocycles. The maximum Gasteiger partial charge on any atom is 0.225 e. The van der Waals surface area contributed by atoms with Crippen molar-refractivity contribution in [3.05, 3.63) is 0 Å². The Morgan fingerprint density at radius 3 is 2.59 bits per heavy atom. The first kappa shape index (κ1) is 12.8. The Bertz CT molecular complexity index is 261. The molecule has 2 atom stereocenters. The van der Waals surface area contributed by atoms with Crippen LogP contribution in [0, 0.1) is 5.92 Å². The Morgan fingerprint density at radius 2 is 1.94 bits per heavy atom. The molecule has 0 bridgehead atoms. The molecule has 2 unspecified atom stereocenters. The Morgan fingerprint density at radius 1 is 1.24 bits per heavy atom. The summed E-state index contributed by atoms with van der Waals surface area (Å²) in [6.07, 6.45) is 5.19. The van der Waals surface area contributed by atoms with Gasteiger partial charge in [0.1, 0.15) is 0 Å². The fraction of sp³-hybridized carbons (Fsp3) is 0.923. The van der Waals surface area contributed by atoms with Gasteiger partial charge < -0.3 is 15.2 Å². The first-order valence-corrected chi connectivity index (χ1v) is 6.77. The molecule has 4 nitrogen and oxygen atoms in total. The minimum atomic E-state index is -0.167. The van der Waals surface area contributed by atoms with Crippen molar-refractivity contribution in [2.24, 2.45) is 5.92 Å². The predicted octanol–water partition coefficient (Wildman–Crippen LogP) is 1.22. The molecule has 2 N–H and O–H groups in total. The first-order valence-electron chi connectivity index (χ1n) is 6.77. The highest BCUT2D eigenvalue weighted by molar-refractivity contribution is 5.79. The van der Waals surface area contributed by atoms with Crippen molar-refractivity contribution in [3.8, 4) is 0 Å². The number of nitrogens with one attached hydrogen (secondary N) is 1. The van der Waals surface area contributed by atoms with Crippen molar-refractivity contribution >= 4 is 5.91 Å². The highest BCUT2D eigenvalue weighted by Gasteiger charge is 2.30. The SMILES string of the molecule is CC1OCCCC1C(=O)NC1CCC(O)CC1. The van der Waals surface area contributed by atoms with Crippen LogP contribution in [-0.4, -0.2) is 35.9 Å². The first-order chi connectivity index (χ1) is 8.16. The van der Waals surface area contributed by atoms with E-state index in [-0.39, 0.29) is 30.1 Å². The van der Waals surface area contributed by atoms with Crippen LogP contribution in [0.25, 0.3) is 0 Å². The van der Waals surface area contributed by atoms with Gasteiger partial charge >= 0.3 is 0 Å². The summed E-state index contributed by atoms with van der Waals surface area (Å²) in [6.45, 7) is 2.76. The fourth-order valence-electron chi connectivity index (χ4n) is 2.80. The van der Waals surface area contributed by atoms with Gasteiger partial charge in [-0.05, 0) is 45.4 Å². The summed E-state index contributed by atoms with van der Waals surface area (Å²) in [5.74, 6) is 0.147. The van der Waals surface area contributed by atoms with Gasteiger partial charge in [0.2, 0.25) is 5.91 Å². The molecule has 0 radical (unpaired) electrons. The van der Waals surface area contributed by atoms with Crippen LogP contribution >= 0.6 is 0 Å². The highest BCUT2D eigenvalue weighted by Crippen LogP contribution is 2.23. The monoisotopic (exact) mass is 241 g/mol. The van der Waals surface area contributed by atoms with E-state index in [4.69, 9.17) is 4.74 Å². The molecule has 1 amide bonds. The van der Waals surface area contributed by atoms with Crippen molar-refractivity contribution < 1.29 is 14.6 Å². The average Bonchev–Trinajstić information content (AvgIpc) is 2.32. The van der Waals surface area contributed by atoms with Crippen molar-refractivity contribution in [3.63, 3.8) is 0 Å². The second kappa shape index (κ2) is 5.83. The number of ether oxygens (including phenoxy) is 1. The van der Waals surface area contributed by atoms with Crippen molar-refractivity contribution in [1.82, 2.24) is 5.32 Å². The summed E-state index contributed by atoms with van der Waals surface area (Å²) in [7, 11) is 0. The second-order valence-electron chi connectivity index (χ2n) is 5.34. The van der Waals surface area contributed by atoms with E-state index in [1.54, 1.807) is 0 Å². The number of carbonyl (C=O) groups excluding carboxylic acids is 1. The molecule has 1 saturated carbocycles. The zero-order valence-electron chi connectivity index (χ0n) is 10.5. The molecule has 2 aliphatic rings. The summed E-state index contributed by atoms with van der Waals surface area (Å²) in [5.41, 5.74) is 0. The van der Waals surface area contributed by atoms with Crippen LogP contribution < -0.4 is 5.32 Å². The van der Waals surface area contributed by atoms with Crippen molar-refractivity contribution in [1.29, 1.82) is 0 Å². The van der Waals surface area contributed by atoms with E-state index in [2.05, 4.69) is 5.32 Å². The van der Waals surface area contributed by atoms with Gasteiger partial charge in [-0.2, -0.15) is 0 Å². The number of amides is 1. The lowest BCUT2D eigenvalue weighted by molar-refractivity contribution is -0.134. The number of hydrogen-bond donors (Lipinski definition) is 2. The molecule has 2 fully saturated rings. The number of rotatable bonds is 2. The summed E-state index contributed by atoms with van der Waals surface area (Å²) in [4.78, 5) is 12.1. The second-order valence-corrected chi connectivity index (χ2v) is 5.34. The topological polar surface area (TPSA) is 58.6 Å². The Balaban J connectivity index is 1.79. The average molecular weight is 241 g/mol. The van der Waals surface area contributed by atoms with E-state index >= 15 is 0 Å². The maximum absolute atomic E-state index is 12.1. The van der Waals surface area contributed by atoms with E-state index in [1.165, 1.54) is 0 Å². The molecule has 0 aromatic carbocycles. The Kier molecular flexibility index (Phi) is 4.40. The number of hydrogen-bond acceptors (Lipinski definition) is 3. The van der Waals surface area contributed by atoms with E-state index in [0.717, 1.165) is 45.1 Å². The lowest BCUT2D eigenvalue weighted by Crippen LogP contribution is -2.45. The van der Waals surface area contributed by atoms with Gasteiger partial charge in [-0.15, -0.1) is 0 Å². The molecule has 0 spiro atoms. The van der Waals surface area contributed by atoms with Gasteiger partial charge in [0.05, 0.1) is 18.1 Å². The molecule has 0 aromatic heterocycles. The molecular weight excluding hydrogens is 218 g/mol. The lowest BCUT2D eigenvalue weighted by Gasteiger charge is -2.31. The van der Waals surface area contributed by atoms with Gasteiger partial charge in [-0.3, -0.25) is 4.79 Å². The van der Waals surface area contributed by atoms with Crippen LogP contribution in [-0.2, 0) is 9.53 Å². The van der Waals surface area contributed by atoms with Crippen LogP contribution in [0.4, 0.5) is 0 Å². The van der Waals surface area contributed by atoms with Crippen LogP contribution in [0.3, 0.4) is 0 Å². The van der Waals surface area contributed by atoms with Crippen LogP contribution in [0.1, 0.15) is 45.4 Å². The molecular formula is C13H23NO3. The van der Waals surface area contributed by atoms with Gasteiger partial charge in [0.25, 0.3) is 0 Å². The van der Waals surface area contributed by atoms with E-state index < -0.39 is 0 Å². The molecule has 4 heteroatoms. The van der Waals surface area contributed by atoms with Gasteiger partial charge in [0.15, 0.2) is 0 Å². The summed E-state index contributed by atoms with van der Waals surface area (Å²) >= 11 is 0. The normalized spacial score (nSPS) is 38.7. The van der Waals surface area contributed by atoms with E-state index in [1.807, 2.05) is 6.92 Å². The largest absolute Gasteiger partial charge is 0.393 e. The van der Waals surface area contributed by atoms with Gasteiger partial charge in [-0.1, -0.05) is 0 Å². The molecule has 2 rings (SSSR count). The third kappa shape index (κ3) is 3.42. The molecule has 1 aliphatic carbocycles. The van der Waals surface area contributed by atoms with E-state index in [9.17, 15) is 9.90 Å². The summed E-state index contributed by atoms with van der Waals surface area (Å²) in [5, 5.41) is 12.5. The third-order valence-electron chi connectivity index (χ3n) is 3.99. The minimum absolute atomic E-state index is 0.00981. The molecule has 17 heavy (non-hydrogen) atoms. The standard InChI is InChI=1S/C13H23NO3/c1-9-12(3-2-8-17-9)13(16)14-10-4-6-11(15)7-5-10/h9-12,15H,2-8H2,1H3,(H,14,16). The zero-order chi connectivity index (χ0) is 12.3. The molecule has 98 valence electrons. The Labute approximate surface area is 103 Å². The summed E-state index contributed by atoms with van der Waals surface area (Å²) in [6, 6.07) is 0.250. The maximum atomic E-state index is 12.1. The third-order valence-corrected chi connectivity index (χ3v) is 3.99. The van der Waals surface area contributed by atoms with Crippen LogP contribution in [0.2, 0.25) is 0 Å². The zero-order valence-corrected chi connectivity index (χ0v) is 10.5. The van der Waals surface area contributed by atoms with Gasteiger partial charge in [-0.25, -0.2) is 0 Å². The minimum Gasteiger partial charge on any atom is -0.393 e. The molecule has 1 saturated heterocycles. The van der Waals surface area contributed by atoms with Crippen LogP contribution in [0.5, 0.6) is 0 Å². The lowest BCUT2D eigenvalue weighted by atomic mass is 9.90.